The predicted octanol–water partition coefficient (Wildman–Crippen LogP) is 1.91. The normalized spacial score (nSPS) is 18.9. The van der Waals surface area contributed by atoms with Crippen LogP contribution in [0.3, 0.4) is 0 Å². The molecule has 1 aliphatic heterocycles. The van der Waals surface area contributed by atoms with Crippen molar-refractivity contribution in [3.63, 3.8) is 0 Å². The van der Waals surface area contributed by atoms with E-state index >= 15 is 0 Å². The first-order chi connectivity index (χ1) is 8.18. The second-order valence-corrected chi connectivity index (χ2v) is 4.86. The van der Waals surface area contributed by atoms with Crippen LogP contribution in [0.25, 0.3) is 0 Å². The van der Waals surface area contributed by atoms with Crippen molar-refractivity contribution < 1.29 is 14.6 Å². The zero-order valence-corrected chi connectivity index (χ0v) is 10.9. The molecule has 1 N–H and O–H groups in total. The van der Waals surface area contributed by atoms with Crippen LogP contribution < -0.4 is 0 Å². The van der Waals surface area contributed by atoms with Crippen molar-refractivity contribution >= 4 is 21.9 Å². The molecular formula is C12H14BrNO3. The lowest BCUT2D eigenvalue weighted by Gasteiger charge is -2.32. The Morgan fingerprint density at radius 2 is 2.12 bits per heavy atom. The summed E-state index contributed by atoms with van der Waals surface area (Å²) in [5.74, 6) is -0.815. The van der Waals surface area contributed by atoms with Crippen LogP contribution in [-0.4, -0.2) is 42.3 Å². The second kappa shape index (κ2) is 5.62. The van der Waals surface area contributed by atoms with Gasteiger partial charge in [-0.2, -0.15) is 0 Å². The minimum absolute atomic E-state index is 0.587. The summed E-state index contributed by atoms with van der Waals surface area (Å²) in [5.41, 5.74) is 0.800. The number of nitrogens with zero attached hydrogens (tertiary/aromatic N) is 1. The van der Waals surface area contributed by atoms with Crippen LogP contribution >= 0.6 is 15.9 Å². The van der Waals surface area contributed by atoms with Crippen LogP contribution in [0, 0.1) is 0 Å². The molecule has 0 amide bonds. The number of morpholine rings is 1. The van der Waals surface area contributed by atoms with E-state index in [1.807, 2.05) is 29.2 Å². The van der Waals surface area contributed by atoms with Gasteiger partial charge in [-0.05, 0) is 17.7 Å². The third-order valence-electron chi connectivity index (χ3n) is 2.81. The molecule has 0 spiro atoms. The van der Waals surface area contributed by atoms with E-state index in [0.717, 1.165) is 10.0 Å². The highest BCUT2D eigenvalue weighted by Crippen LogP contribution is 2.24. The minimum atomic E-state index is -0.815. The monoisotopic (exact) mass is 299 g/mol. The van der Waals surface area contributed by atoms with Crippen LogP contribution in [0.4, 0.5) is 0 Å². The molecule has 0 aromatic heterocycles. The SMILES string of the molecule is O=C(O)C(c1cccc(Br)c1)N1CCOCC1. The molecule has 0 radical (unpaired) electrons. The lowest BCUT2D eigenvalue weighted by molar-refractivity contribution is -0.145. The molecule has 5 heteroatoms. The van der Waals surface area contributed by atoms with Gasteiger partial charge in [-0.15, -0.1) is 0 Å². The fraction of sp³-hybridized carbons (Fsp3) is 0.417. The number of benzene rings is 1. The maximum Gasteiger partial charge on any atom is 0.325 e. The molecule has 4 nitrogen and oxygen atoms in total. The third kappa shape index (κ3) is 3.06. The van der Waals surface area contributed by atoms with Gasteiger partial charge in [0.2, 0.25) is 0 Å². The van der Waals surface area contributed by atoms with Gasteiger partial charge in [0.05, 0.1) is 13.2 Å². The molecule has 0 bridgehead atoms. The van der Waals surface area contributed by atoms with E-state index in [-0.39, 0.29) is 0 Å². The van der Waals surface area contributed by atoms with Gasteiger partial charge in [0.15, 0.2) is 0 Å². The Morgan fingerprint density at radius 3 is 2.71 bits per heavy atom. The molecule has 1 atom stereocenters. The lowest BCUT2D eigenvalue weighted by Crippen LogP contribution is -2.42. The van der Waals surface area contributed by atoms with Gasteiger partial charge in [-0.25, -0.2) is 0 Å². The lowest BCUT2D eigenvalue weighted by atomic mass is 10.1. The second-order valence-electron chi connectivity index (χ2n) is 3.94. The van der Waals surface area contributed by atoms with Crippen LogP contribution in [0.15, 0.2) is 28.7 Å². The van der Waals surface area contributed by atoms with Crippen molar-refractivity contribution in [2.75, 3.05) is 26.3 Å². The summed E-state index contributed by atoms with van der Waals surface area (Å²) in [5, 5.41) is 9.37. The minimum Gasteiger partial charge on any atom is -0.480 e. The molecule has 1 aromatic carbocycles. The molecule has 1 fully saturated rings. The topological polar surface area (TPSA) is 49.8 Å². The van der Waals surface area contributed by atoms with Gasteiger partial charge in [-0.1, -0.05) is 28.1 Å². The van der Waals surface area contributed by atoms with Crippen molar-refractivity contribution in [1.82, 2.24) is 4.90 Å². The zero-order chi connectivity index (χ0) is 12.3. The van der Waals surface area contributed by atoms with Gasteiger partial charge in [-0.3, -0.25) is 9.69 Å². The standard InChI is InChI=1S/C12H14BrNO3/c13-10-3-1-2-9(8-10)11(12(15)16)14-4-6-17-7-5-14/h1-3,8,11H,4-7H2,(H,15,16). The third-order valence-corrected chi connectivity index (χ3v) is 3.30. The summed E-state index contributed by atoms with van der Waals surface area (Å²) in [4.78, 5) is 13.4. The summed E-state index contributed by atoms with van der Waals surface area (Å²) in [7, 11) is 0. The Kier molecular flexibility index (Phi) is 4.15. The molecular weight excluding hydrogens is 286 g/mol. The number of rotatable bonds is 3. The van der Waals surface area contributed by atoms with E-state index in [1.165, 1.54) is 0 Å². The highest BCUT2D eigenvalue weighted by molar-refractivity contribution is 9.10. The number of carbonyl (C=O) groups is 1. The van der Waals surface area contributed by atoms with Crippen LogP contribution in [0.1, 0.15) is 11.6 Å². The Balaban J connectivity index is 2.25. The highest BCUT2D eigenvalue weighted by atomic mass is 79.9. The van der Waals surface area contributed by atoms with Crippen molar-refractivity contribution in [2.24, 2.45) is 0 Å². The van der Waals surface area contributed by atoms with E-state index in [1.54, 1.807) is 0 Å². The maximum absolute atomic E-state index is 11.4. The van der Waals surface area contributed by atoms with Gasteiger partial charge in [0.25, 0.3) is 0 Å². The van der Waals surface area contributed by atoms with Crippen molar-refractivity contribution in [3.8, 4) is 0 Å². The first-order valence-electron chi connectivity index (χ1n) is 5.48. The average molecular weight is 300 g/mol. The Bertz CT molecular complexity index is 404. The van der Waals surface area contributed by atoms with Crippen LogP contribution in [0.5, 0.6) is 0 Å². The number of halogens is 1. The first-order valence-corrected chi connectivity index (χ1v) is 6.28. The maximum atomic E-state index is 11.4. The van der Waals surface area contributed by atoms with E-state index in [0.29, 0.717) is 26.3 Å². The predicted molar refractivity (Wildman–Crippen MR) is 66.9 cm³/mol. The molecule has 1 unspecified atom stereocenters. The van der Waals surface area contributed by atoms with Crippen LogP contribution in [0.2, 0.25) is 0 Å². The van der Waals surface area contributed by atoms with E-state index < -0.39 is 12.0 Å². The zero-order valence-electron chi connectivity index (χ0n) is 9.30. The Morgan fingerprint density at radius 1 is 1.41 bits per heavy atom. The summed E-state index contributed by atoms with van der Waals surface area (Å²) in [6.07, 6.45) is 0. The van der Waals surface area contributed by atoms with Crippen molar-refractivity contribution in [1.29, 1.82) is 0 Å². The highest BCUT2D eigenvalue weighted by Gasteiger charge is 2.28. The summed E-state index contributed by atoms with van der Waals surface area (Å²) >= 11 is 3.37. The van der Waals surface area contributed by atoms with Gasteiger partial charge >= 0.3 is 5.97 Å². The smallest absolute Gasteiger partial charge is 0.325 e. The van der Waals surface area contributed by atoms with Crippen molar-refractivity contribution in [2.45, 2.75) is 6.04 Å². The number of hydrogen-bond donors (Lipinski definition) is 1. The fourth-order valence-corrected chi connectivity index (χ4v) is 2.44. The molecule has 92 valence electrons. The number of ether oxygens (including phenoxy) is 1. The van der Waals surface area contributed by atoms with E-state index in [9.17, 15) is 9.90 Å². The fourth-order valence-electron chi connectivity index (χ4n) is 2.02. The number of carboxylic acids is 1. The number of aliphatic carboxylic acids is 1. The van der Waals surface area contributed by atoms with Gasteiger partial charge < -0.3 is 9.84 Å². The molecule has 0 aliphatic carbocycles. The number of carboxylic acid groups (broad SMARTS) is 1. The number of hydrogen-bond acceptors (Lipinski definition) is 3. The van der Waals surface area contributed by atoms with E-state index in [2.05, 4.69) is 15.9 Å². The Hall–Kier alpha value is -0.910. The largest absolute Gasteiger partial charge is 0.480 e. The molecule has 1 aromatic rings. The molecule has 0 saturated carbocycles. The molecule has 1 aliphatic rings. The molecule has 1 heterocycles. The average Bonchev–Trinajstić information content (AvgIpc) is 2.30. The van der Waals surface area contributed by atoms with Gasteiger partial charge in [0.1, 0.15) is 6.04 Å². The first kappa shape index (κ1) is 12.5. The van der Waals surface area contributed by atoms with Gasteiger partial charge in [0, 0.05) is 17.6 Å². The molecule has 1 saturated heterocycles. The molecule has 17 heavy (non-hydrogen) atoms. The Labute approximate surface area is 108 Å². The summed E-state index contributed by atoms with van der Waals surface area (Å²) in [6, 6.07) is 6.86. The molecule has 2 rings (SSSR count). The van der Waals surface area contributed by atoms with Crippen molar-refractivity contribution in [3.05, 3.63) is 34.3 Å². The summed E-state index contributed by atoms with van der Waals surface area (Å²) in [6.45, 7) is 2.50. The van der Waals surface area contributed by atoms with Crippen LogP contribution in [-0.2, 0) is 9.53 Å². The van der Waals surface area contributed by atoms with E-state index in [4.69, 9.17) is 4.74 Å². The quantitative estimate of drug-likeness (QED) is 0.926. The summed E-state index contributed by atoms with van der Waals surface area (Å²) < 4.78 is 6.14.